The van der Waals surface area contributed by atoms with Gasteiger partial charge in [0, 0.05) is 17.1 Å². The molecule has 0 aliphatic rings. The minimum atomic E-state index is 0.374. The molecule has 6 nitrogen and oxygen atoms in total. The van der Waals surface area contributed by atoms with E-state index in [-0.39, 0.29) is 0 Å². The van der Waals surface area contributed by atoms with E-state index in [0.717, 1.165) is 21.8 Å². The van der Waals surface area contributed by atoms with Crippen molar-refractivity contribution in [2.75, 3.05) is 11.5 Å². The fraction of sp³-hybridized carbons (Fsp3) is 0. The van der Waals surface area contributed by atoms with Crippen LogP contribution in [-0.2, 0) is 0 Å². The molecule has 0 spiro atoms. The second-order valence-electron chi connectivity index (χ2n) is 4.77. The number of aromatic nitrogens is 4. The third kappa shape index (κ3) is 1.91. The van der Waals surface area contributed by atoms with Gasteiger partial charge in [0.25, 0.3) is 0 Å². The van der Waals surface area contributed by atoms with Crippen LogP contribution in [0.1, 0.15) is 0 Å². The van der Waals surface area contributed by atoms with Crippen LogP contribution in [-0.4, -0.2) is 19.6 Å². The largest absolute Gasteiger partial charge is 0.384 e. The summed E-state index contributed by atoms with van der Waals surface area (Å²) in [5.41, 5.74) is 15.2. The molecule has 0 bridgehead atoms. The van der Waals surface area contributed by atoms with Gasteiger partial charge in [-0.05, 0) is 6.07 Å². The van der Waals surface area contributed by atoms with Crippen molar-refractivity contribution in [2.24, 2.45) is 0 Å². The molecule has 0 amide bonds. The molecule has 0 fully saturated rings. The highest BCUT2D eigenvalue weighted by Crippen LogP contribution is 2.34. The van der Waals surface area contributed by atoms with Gasteiger partial charge in [-0.25, -0.2) is 9.97 Å². The van der Waals surface area contributed by atoms with Crippen LogP contribution in [0.2, 0.25) is 0 Å². The number of hydrogen-bond donors (Lipinski definition) is 2. The van der Waals surface area contributed by atoms with Gasteiger partial charge >= 0.3 is 0 Å². The van der Waals surface area contributed by atoms with Gasteiger partial charge in [-0.1, -0.05) is 30.3 Å². The molecule has 0 saturated carbocycles. The molecule has 4 rings (SSSR count). The first-order valence-electron chi connectivity index (χ1n) is 6.64. The Morgan fingerprint density at radius 3 is 2.68 bits per heavy atom. The number of fused-ring (bicyclic) bond motifs is 1. The van der Waals surface area contributed by atoms with E-state index in [1.54, 1.807) is 12.3 Å². The molecule has 1 aromatic carbocycles. The number of hydrogen-bond acceptors (Lipinski definition) is 6. The van der Waals surface area contributed by atoms with Crippen LogP contribution >= 0.6 is 11.3 Å². The number of benzene rings is 1. The third-order valence-electron chi connectivity index (χ3n) is 3.36. The van der Waals surface area contributed by atoms with Gasteiger partial charge < -0.3 is 11.5 Å². The topological polar surface area (TPSA) is 95.1 Å². The van der Waals surface area contributed by atoms with Crippen molar-refractivity contribution in [3.8, 4) is 21.8 Å². The molecule has 3 aromatic heterocycles. The molecule has 0 unspecified atom stereocenters. The van der Waals surface area contributed by atoms with E-state index < -0.39 is 0 Å². The maximum Gasteiger partial charge on any atom is 0.169 e. The summed E-state index contributed by atoms with van der Waals surface area (Å²) in [5, 5.41) is 7.03. The van der Waals surface area contributed by atoms with Crippen LogP contribution < -0.4 is 11.5 Å². The van der Waals surface area contributed by atoms with E-state index in [0.29, 0.717) is 17.3 Å². The van der Waals surface area contributed by atoms with Gasteiger partial charge in [0.15, 0.2) is 11.5 Å². The molecular formula is C15H12N6S. The number of anilines is 2. The van der Waals surface area contributed by atoms with E-state index in [1.807, 2.05) is 35.7 Å². The molecule has 7 heteroatoms. The normalized spacial score (nSPS) is 11.1. The van der Waals surface area contributed by atoms with Crippen LogP contribution in [0.15, 0.2) is 48.0 Å². The molecule has 108 valence electrons. The molecule has 0 saturated heterocycles. The zero-order valence-corrected chi connectivity index (χ0v) is 12.3. The highest BCUT2D eigenvalue weighted by Gasteiger charge is 2.18. The first-order chi connectivity index (χ1) is 10.7. The summed E-state index contributed by atoms with van der Waals surface area (Å²) in [6, 6.07) is 11.7. The monoisotopic (exact) mass is 308 g/mol. The summed E-state index contributed by atoms with van der Waals surface area (Å²) in [6.07, 6.45) is 1.64. The van der Waals surface area contributed by atoms with Gasteiger partial charge in [0.2, 0.25) is 0 Å². The van der Waals surface area contributed by atoms with Crippen molar-refractivity contribution >= 4 is 28.6 Å². The second-order valence-corrected chi connectivity index (χ2v) is 5.63. The second kappa shape index (κ2) is 4.81. The molecule has 3 heterocycles. The molecule has 4 aromatic rings. The van der Waals surface area contributed by atoms with Gasteiger partial charge in [0.05, 0.1) is 11.3 Å². The van der Waals surface area contributed by atoms with Crippen LogP contribution in [0.5, 0.6) is 0 Å². The van der Waals surface area contributed by atoms with Crippen molar-refractivity contribution in [2.45, 2.75) is 0 Å². The zero-order valence-electron chi connectivity index (χ0n) is 11.5. The summed E-state index contributed by atoms with van der Waals surface area (Å²) in [4.78, 5) is 9.00. The van der Waals surface area contributed by atoms with Crippen LogP contribution in [0.25, 0.3) is 27.5 Å². The van der Waals surface area contributed by atoms with Gasteiger partial charge in [0.1, 0.15) is 10.8 Å². The minimum Gasteiger partial charge on any atom is -0.384 e. The zero-order chi connectivity index (χ0) is 15.1. The summed E-state index contributed by atoms with van der Waals surface area (Å²) < 4.78 is 1.54. The van der Waals surface area contributed by atoms with Crippen molar-refractivity contribution in [1.82, 2.24) is 19.6 Å². The highest BCUT2D eigenvalue weighted by molar-refractivity contribution is 7.13. The number of thiazole rings is 1. The number of rotatable bonds is 2. The lowest BCUT2D eigenvalue weighted by Crippen LogP contribution is -1.99. The number of nitrogens with two attached hydrogens (primary N) is 2. The van der Waals surface area contributed by atoms with Gasteiger partial charge in [-0.2, -0.15) is 4.52 Å². The molecular weight excluding hydrogens is 296 g/mol. The first kappa shape index (κ1) is 12.8. The maximum absolute atomic E-state index is 6.04. The third-order valence-corrected chi connectivity index (χ3v) is 4.22. The van der Waals surface area contributed by atoms with Crippen LogP contribution in [0.4, 0.5) is 11.6 Å². The van der Waals surface area contributed by atoms with E-state index in [9.17, 15) is 0 Å². The fourth-order valence-electron chi connectivity index (χ4n) is 2.31. The lowest BCUT2D eigenvalue weighted by atomic mass is 10.2. The van der Waals surface area contributed by atoms with E-state index >= 15 is 0 Å². The van der Waals surface area contributed by atoms with Crippen LogP contribution in [0.3, 0.4) is 0 Å². The predicted octanol–water partition coefficient (Wildman–Crippen LogP) is 2.68. The Balaban J connectivity index is 1.89. The first-order valence-corrected chi connectivity index (χ1v) is 7.52. The summed E-state index contributed by atoms with van der Waals surface area (Å²) in [6.45, 7) is 0. The Kier molecular flexibility index (Phi) is 2.80. The Bertz CT molecular complexity index is 957. The van der Waals surface area contributed by atoms with Crippen molar-refractivity contribution in [3.05, 3.63) is 48.0 Å². The number of nitrogens with zero attached hydrogens (tertiary/aromatic N) is 4. The lowest BCUT2D eigenvalue weighted by Gasteiger charge is -1.97. The van der Waals surface area contributed by atoms with Gasteiger partial charge in [-0.15, -0.1) is 16.4 Å². The van der Waals surface area contributed by atoms with Crippen molar-refractivity contribution in [3.63, 3.8) is 0 Å². The standard InChI is InChI=1S/C15H12N6S/c16-11-6-7-18-14-12(13(17)20-21(11)14)15-19-10(8-22-15)9-4-2-1-3-5-9/h1-8H,16H2,(H2,17,20). The molecule has 0 aliphatic carbocycles. The summed E-state index contributed by atoms with van der Waals surface area (Å²) in [5.74, 6) is 0.863. The molecule has 22 heavy (non-hydrogen) atoms. The Morgan fingerprint density at radius 2 is 1.86 bits per heavy atom. The highest BCUT2D eigenvalue weighted by atomic mass is 32.1. The molecule has 0 atom stereocenters. The lowest BCUT2D eigenvalue weighted by molar-refractivity contribution is 0.958. The molecule has 4 N–H and O–H groups in total. The minimum absolute atomic E-state index is 0.374. The SMILES string of the molecule is Nc1nn2c(N)ccnc2c1-c1nc(-c2ccccc2)cs1. The average molecular weight is 308 g/mol. The van der Waals surface area contributed by atoms with Crippen LogP contribution in [0, 0.1) is 0 Å². The number of nitrogen functional groups attached to an aromatic ring is 2. The molecule has 0 aliphatic heterocycles. The fourth-order valence-corrected chi connectivity index (χ4v) is 3.19. The van der Waals surface area contributed by atoms with Crippen molar-refractivity contribution < 1.29 is 0 Å². The summed E-state index contributed by atoms with van der Waals surface area (Å²) >= 11 is 1.51. The predicted molar refractivity (Wildman–Crippen MR) is 88.4 cm³/mol. The Hall–Kier alpha value is -2.93. The maximum atomic E-state index is 6.04. The average Bonchev–Trinajstić information content (AvgIpc) is 3.13. The summed E-state index contributed by atoms with van der Waals surface area (Å²) in [7, 11) is 0. The van der Waals surface area contributed by atoms with E-state index in [2.05, 4.69) is 15.1 Å². The van der Waals surface area contributed by atoms with Crippen molar-refractivity contribution in [1.29, 1.82) is 0 Å². The smallest absolute Gasteiger partial charge is 0.169 e. The van der Waals surface area contributed by atoms with E-state index in [1.165, 1.54) is 15.9 Å². The molecule has 0 radical (unpaired) electrons. The van der Waals surface area contributed by atoms with Gasteiger partial charge in [-0.3, -0.25) is 0 Å². The van der Waals surface area contributed by atoms with E-state index in [4.69, 9.17) is 11.5 Å². The Morgan fingerprint density at radius 1 is 1.05 bits per heavy atom. The quantitative estimate of drug-likeness (QED) is 0.593. The Labute approximate surface area is 130 Å².